The zero-order chi connectivity index (χ0) is 18.0. The van der Waals surface area contributed by atoms with Crippen LogP contribution in [0, 0.1) is 6.92 Å². The number of methoxy groups -OCH3 is 1. The van der Waals surface area contributed by atoms with Gasteiger partial charge >= 0.3 is 0 Å². The van der Waals surface area contributed by atoms with Gasteiger partial charge in [-0.25, -0.2) is 9.67 Å². The highest BCUT2D eigenvalue weighted by Gasteiger charge is 2.18. The number of benzene rings is 1. The molecule has 3 rings (SSSR count). The monoisotopic (exact) mass is 338 g/mol. The molecule has 7 heteroatoms. The normalized spacial score (nSPS) is 10.5. The highest BCUT2D eigenvalue weighted by Crippen LogP contribution is 2.15. The molecule has 0 aliphatic carbocycles. The first-order valence-electron chi connectivity index (χ1n) is 7.68. The molecule has 2 heterocycles. The fraction of sp³-hybridized carbons (Fsp3) is 0.167. The minimum Gasteiger partial charge on any atom is -0.481 e. The molecule has 0 aliphatic heterocycles. The summed E-state index contributed by atoms with van der Waals surface area (Å²) in [6, 6.07) is 12.4. The second-order valence-corrected chi connectivity index (χ2v) is 5.48. The van der Waals surface area contributed by atoms with Crippen molar-refractivity contribution in [3.63, 3.8) is 0 Å². The summed E-state index contributed by atoms with van der Waals surface area (Å²) in [6.07, 6.45) is 1.40. The molecule has 1 N–H and O–H groups in total. The van der Waals surface area contributed by atoms with Crippen LogP contribution < -0.4 is 15.6 Å². The maximum absolute atomic E-state index is 12.8. The Morgan fingerprint density at radius 2 is 1.88 bits per heavy atom. The van der Waals surface area contributed by atoms with Crippen molar-refractivity contribution in [2.75, 3.05) is 12.4 Å². The van der Waals surface area contributed by atoms with Crippen LogP contribution in [0.2, 0.25) is 0 Å². The first kappa shape index (κ1) is 16.5. The molecule has 0 atom stereocenters. The van der Waals surface area contributed by atoms with E-state index < -0.39 is 5.91 Å². The number of hydrogen-bond acceptors (Lipinski definition) is 4. The van der Waals surface area contributed by atoms with Crippen molar-refractivity contribution in [1.82, 2.24) is 14.3 Å². The number of para-hydroxylation sites is 1. The van der Waals surface area contributed by atoms with Crippen molar-refractivity contribution in [2.45, 2.75) is 6.92 Å². The van der Waals surface area contributed by atoms with Gasteiger partial charge in [0.25, 0.3) is 11.5 Å². The second-order valence-electron chi connectivity index (χ2n) is 5.48. The van der Waals surface area contributed by atoms with E-state index in [0.717, 1.165) is 5.69 Å². The van der Waals surface area contributed by atoms with Crippen molar-refractivity contribution in [1.29, 1.82) is 0 Å². The predicted octanol–water partition coefficient (Wildman–Crippen LogP) is 2.14. The van der Waals surface area contributed by atoms with Gasteiger partial charge < -0.3 is 10.1 Å². The molecule has 128 valence electrons. The third-order valence-electron chi connectivity index (χ3n) is 4.00. The average Bonchev–Trinajstić information content (AvgIpc) is 2.86. The number of nitrogens with zero attached hydrogens (tertiary/aromatic N) is 3. The SMILES string of the molecule is COc1ccc(C(=O)Nc2c(C)n(C)n(-c3ccccc3)c2=O)cn1. The Hall–Kier alpha value is -3.35. The van der Waals surface area contributed by atoms with E-state index in [1.165, 1.54) is 18.0 Å². The molecule has 3 aromatic rings. The van der Waals surface area contributed by atoms with Gasteiger partial charge in [0.2, 0.25) is 5.88 Å². The molecule has 25 heavy (non-hydrogen) atoms. The van der Waals surface area contributed by atoms with Crippen molar-refractivity contribution in [3.8, 4) is 11.6 Å². The number of carbonyl (C=O) groups excluding carboxylic acids is 1. The molecule has 2 aromatic heterocycles. The third-order valence-corrected chi connectivity index (χ3v) is 4.00. The average molecular weight is 338 g/mol. The van der Waals surface area contributed by atoms with Gasteiger partial charge in [0.15, 0.2) is 0 Å². The lowest BCUT2D eigenvalue weighted by Crippen LogP contribution is -2.23. The van der Waals surface area contributed by atoms with E-state index in [-0.39, 0.29) is 11.2 Å². The van der Waals surface area contributed by atoms with E-state index in [9.17, 15) is 9.59 Å². The number of nitrogens with one attached hydrogen (secondary N) is 1. The molecule has 0 radical (unpaired) electrons. The quantitative estimate of drug-likeness (QED) is 0.790. The second kappa shape index (κ2) is 6.64. The Morgan fingerprint density at radius 1 is 1.16 bits per heavy atom. The number of pyridine rings is 1. The highest BCUT2D eigenvalue weighted by atomic mass is 16.5. The summed E-state index contributed by atoms with van der Waals surface area (Å²) >= 11 is 0. The number of ether oxygens (including phenoxy) is 1. The number of hydrogen-bond donors (Lipinski definition) is 1. The summed E-state index contributed by atoms with van der Waals surface area (Å²) in [5.41, 5.74) is 1.68. The first-order valence-corrected chi connectivity index (χ1v) is 7.68. The van der Waals surface area contributed by atoms with E-state index in [4.69, 9.17) is 4.74 Å². The lowest BCUT2D eigenvalue weighted by Gasteiger charge is -2.07. The number of anilines is 1. The van der Waals surface area contributed by atoms with Crippen molar-refractivity contribution < 1.29 is 9.53 Å². The van der Waals surface area contributed by atoms with Crippen molar-refractivity contribution in [3.05, 3.63) is 70.3 Å². The van der Waals surface area contributed by atoms with Crippen LogP contribution in [0.15, 0.2) is 53.5 Å². The molecule has 7 nitrogen and oxygen atoms in total. The fourth-order valence-electron chi connectivity index (χ4n) is 2.53. The molecule has 0 saturated carbocycles. The maximum Gasteiger partial charge on any atom is 0.295 e. The summed E-state index contributed by atoms with van der Waals surface area (Å²) in [5.74, 6) is 0.0139. The van der Waals surface area contributed by atoms with Crippen LogP contribution >= 0.6 is 0 Å². The molecule has 0 spiro atoms. The topological polar surface area (TPSA) is 78.1 Å². The minimum atomic E-state index is -0.402. The van der Waals surface area contributed by atoms with Crippen molar-refractivity contribution in [2.24, 2.45) is 7.05 Å². The van der Waals surface area contributed by atoms with Gasteiger partial charge in [-0.1, -0.05) is 18.2 Å². The van der Waals surface area contributed by atoms with Crippen LogP contribution in [0.4, 0.5) is 5.69 Å². The van der Waals surface area contributed by atoms with Crippen LogP contribution in [0.3, 0.4) is 0 Å². The molecular formula is C18H18N4O3. The Balaban J connectivity index is 1.95. The van der Waals surface area contributed by atoms with Crippen LogP contribution in [0.25, 0.3) is 5.69 Å². The summed E-state index contributed by atoms with van der Waals surface area (Å²) in [7, 11) is 3.27. The van der Waals surface area contributed by atoms with Crippen LogP contribution in [-0.4, -0.2) is 27.4 Å². The first-order chi connectivity index (χ1) is 12.0. The van der Waals surface area contributed by atoms with Gasteiger partial charge in [0.1, 0.15) is 5.69 Å². The number of amides is 1. The van der Waals surface area contributed by atoms with Gasteiger partial charge in [-0.15, -0.1) is 0 Å². The van der Waals surface area contributed by atoms with Gasteiger partial charge in [-0.05, 0) is 25.1 Å². The predicted molar refractivity (Wildman–Crippen MR) is 94.5 cm³/mol. The van der Waals surface area contributed by atoms with E-state index in [1.807, 2.05) is 30.3 Å². The molecule has 0 unspecified atom stereocenters. The Bertz CT molecular complexity index is 956. The van der Waals surface area contributed by atoms with Gasteiger partial charge in [-0.3, -0.25) is 14.3 Å². The lowest BCUT2D eigenvalue weighted by molar-refractivity contribution is 0.102. The molecule has 0 saturated heterocycles. The third kappa shape index (κ3) is 3.03. The Labute approximate surface area is 144 Å². The van der Waals surface area contributed by atoms with Gasteiger partial charge in [0.05, 0.1) is 24.1 Å². The Morgan fingerprint density at radius 3 is 2.48 bits per heavy atom. The zero-order valence-electron chi connectivity index (χ0n) is 14.2. The van der Waals surface area contributed by atoms with Crippen LogP contribution in [-0.2, 0) is 7.05 Å². The fourth-order valence-corrected chi connectivity index (χ4v) is 2.53. The summed E-state index contributed by atoms with van der Waals surface area (Å²) in [4.78, 5) is 29.2. The molecule has 0 bridgehead atoms. The lowest BCUT2D eigenvalue weighted by atomic mass is 10.2. The number of rotatable bonds is 4. The Kier molecular flexibility index (Phi) is 4.38. The molecular weight excluding hydrogens is 320 g/mol. The highest BCUT2D eigenvalue weighted by molar-refractivity contribution is 6.04. The molecule has 0 aliphatic rings. The zero-order valence-corrected chi connectivity index (χ0v) is 14.2. The van der Waals surface area contributed by atoms with E-state index in [0.29, 0.717) is 17.1 Å². The molecule has 1 aromatic carbocycles. The summed E-state index contributed by atoms with van der Waals surface area (Å²) < 4.78 is 8.19. The smallest absolute Gasteiger partial charge is 0.295 e. The van der Waals surface area contributed by atoms with Crippen LogP contribution in [0.1, 0.15) is 16.1 Å². The largest absolute Gasteiger partial charge is 0.481 e. The molecule has 1 amide bonds. The summed E-state index contributed by atoms with van der Waals surface area (Å²) in [5, 5.41) is 2.69. The van der Waals surface area contributed by atoms with Gasteiger partial charge in [-0.2, -0.15) is 0 Å². The van der Waals surface area contributed by atoms with Crippen LogP contribution in [0.5, 0.6) is 5.88 Å². The standard InChI is InChI=1S/C18H18N4O3/c1-12-16(20-17(23)13-9-10-15(25-3)19-11-13)18(24)22(21(12)2)14-7-5-4-6-8-14/h4-11H,1-3H3,(H,20,23). The molecule has 0 fully saturated rings. The van der Waals surface area contributed by atoms with E-state index in [2.05, 4.69) is 10.3 Å². The van der Waals surface area contributed by atoms with Gasteiger partial charge in [0, 0.05) is 19.3 Å². The maximum atomic E-state index is 12.8. The van der Waals surface area contributed by atoms with E-state index >= 15 is 0 Å². The van der Waals surface area contributed by atoms with Crippen molar-refractivity contribution >= 4 is 11.6 Å². The minimum absolute atomic E-state index is 0.243. The number of carbonyl (C=O) groups is 1. The van der Waals surface area contributed by atoms with E-state index in [1.54, 1.807) is 30.8 Å². The number of aromatic nitrogens is 3. The summed E-state index contributed by atoms with van der Waals surface area (Å²) in [6.45, 7) is 1.78.